The maximum Gasteiger partial charge on any atom is 0.320 e. The molecule has 1 aliphatic rings. The molecule has 1 saturated heterocycles. The maximum absolute atomic E-state index is 11.1. The van der Waals surface area contributed by atoms with Crippen LogP contribution in [-0.2, 0) is 9.53 Å². The normalized spacial score (nSPS) is 26.6. The van der Waals surface area contributed by atoms with Gasteiger partial charge in [-0.3, -0.25) is 4.79 Å². The van der Waals surface area contributed by atoms with Crippen molar-refractivity contribution in [3.05, 3.63) is 0 Å². The molecule has 0 bridgehead atoms. The highest BCUT2D eigenvalue weighted by Crippen LogP contribution is 2.31. The van der Waals surface area contributed by atoms with Crippen molar-refractivity contribution < 1.29 is 9.53 Å². The molecule has 0 aliphatic carbocycles. The Morgan fingerprint density at radius 2 is 2.21 bits per heavy atom. The molecule has 0 N–H and O–H groups in total. The monoisotopic (exact) mass is 234 g/mol. The zero-order chi connectivity index (χ0) is 10.4. The molecule has 0 amide bonds. The fourth-order valence-electron chi connectivity index (χ4n) is 1.40. The lowest BCUT2D eigenvalue weighted by molar-refractivity contribution is -0.142. The summed E-state index contributed by atoms with van der Waals surface area (Å²) in [6, 6.07) is 0. The van der Waals surface area contributed by atoms with Crippen LogP contribution in [0.5, 0.6) is 0 Å². The number of esters is 1. The average molecular weight is 234 g/mol. The van der Waals surface area contributed by atoms with E-state index in [4.69, 9.17) is 4.74 Å². The first-order valence-corrected chi connectivity index (χ1v) is 7.42. The summed E-state index contributed by atoms with van der Waals surface area (Å²) >= 11 is 3.55. The zero-order valence-corrected chi connectivity index (χ0v) is 10.5. The minimum absolute atomic E-state index is 0.0379. The Bertz CT molecular complexity index is 185. The lowest BCUT2D eigenvalue weighted by Gasteiger charge is -2.07. The Morgan fingerprint density at radius 3 is 2.79 bits per heavy atom. The highest BCUT2D eigenvalue weighted by molar-refractivity contribution is 8.01. The van der Waals surface area contributed by atoms with E-state index in [1.54, 1.807) is 11.8 Å². The number of carbonyl (C=O) groups excluding carboxylic acids is 1. The highest BCUT2D eigenvalue weighted by atomic mass is 32.2. The second-order valence-electron chi connectivity index (χ2n) is 3.49. The number of carbonyl (C=O) groups is 1. The van der Waals surface area contributed by atoms with Crippen molar-refractivity contribution >= 4 is 29.5 Å². The van der Waals surface area contributed by atoms with Gasteiger partial charge >= 0.3 is 5.97 Å². The number of hydrogen-bond acceptors (Lipinski definition) is 4. The van der Waals surface area contributed by atoms with Crippen LogP contribution in [0, 0.1) is 0 Å². The minimum atomic E-state index is -0.0379. The number of cyclic esters (lactones) is 1. The SMILES string of the molecule is CSCCCCCC1OC(=O)C(C)S1. The number of hydrogen-bond donors (Lipinski definition) is 0. The van der Waals surface area contributed by atoms with E-state index in [1.165, 1.54) is 25.0 Å². The molecule has 4 heteroatoms. The first kappa shape index (κ1) is 12.2. The molecule has 0 radical (unpaired) electrons. The molecule has 0 aromatic carbocycles. The molecule has 1 rings (SSSR count). The van der Waals surface area contributed by atoms with E-state index in [0.29, 0.717) is 0 Å². The van der Waals surface area contributed by atoms with Crippen molar-refractivity contribution in [2.45, 2.75) is 43.3 Å². The van der Waals surface area contributed by atoms with Crippen molar-refractivity contribution in [2.24, 2.45) is 0 Å². The topological polar surface area (TPSA) is 26.3 Å². The Morgan fingerprint density at radius 1 is 1.43 bits per heavy atom. The van der Waals surface area contributed by atoms with E-state index >= 15 is 0 Å². The second-order valence-corrected chi connectivity index (χ2v) is 5.98. The van der Waals surface area contributed by atoms with Crippen LogP contribution in [0.4, 0.5) is 0 Å². The van der Waals surface area contributed by atoms with E-state index < -0.39 is 0 Å². The Labute approximate surface area is 94.5 Å². The zero-order valence-electron chi connectivity index (χ0n) is 8.82. The van der Waals surface area contributed by atoms with Gasteiger partial charge in [0.2, 0.25) is 0 Å². The third-order valence-electron chi connectivity index (χ3n) is 2.22. The summed E-state index contributed by atoms with van der Waals surface area (Å²) in [4.78, 5) is 11.1. The Balaban J connectivity index is 2.00. The van der Waals surface area contributed by atoms with Crippen molar-refractivity contribution in [3.63, 3.8) is 0 Å². The number of rotatable bonds is 6. The largest absolute Gasteiger partial charge is 0.450 e. The van der Waals surface area contributed by atoms with Crippen LogP contribution in [0.25, 0.3) is 0 Å². The lowest BCUT2D eigenvalue weighted by atomic mass is 10.2. The smallest absolute Gasteiger partial charge is 0.320 e. The summed E-state index contributed by atoms with van der Waals surface area (Å²) in [5, 5.41) is 0.0474. The van der Waals surface area contributed by atoms with Crippen molar-refractivity contribution in [1.82, 2.24) is 0 Å². The minimum Gasteiger partial charge on any atom is -0.450 e. The third kappa shape index (κ3) is 4.13. The molecule has 0 spiro atoms. The summed E-state index contributed by atoms with van der Waals surface area (Å²) in [7, 11) is 0. The molecule has 1 aliphatic heterocycles. The van der Waals surface area contributed by atoms with Crippen LogP contribution in [-0.4, -0.2) is 28.7 Å². The van der Waals surface area contributed by atoms with E-state index in [-0.39, 0.29) is 16.7 Å². The summed E-state index contributed by atoms with van der Waals surface area (Å²) in [6.45, 7) is 1.92. The van der Waals surface area contributed by atoms with Gasteiger partial charge in [0.25, 0.3) is 0 Å². The quantitative estimate of drug-likeness (QED) is 0.521. The van der Waals surface area contributed by atoms with Crippen molar-refractivity contribution in [3.8, 4) is 0 Å². The Hall–Kier alpha value is 0.170. The van der Waals surface area contributed by atoms with Gasteiger partial charge in [0.15, 0.2) is 0 Å². The van der Waals surface area contributed by atoms with E-state index in [1.807, 2.05) is 18.7 Å². The molecule has 1 fully saturated rings. The molecule has 2 nitrogen and oxygen atoms in total. The predicted octanol–water partition coefficient (Wildman–Crippen LogP) is 2.91. The van der Waals surface area contributed by atoms with Gasteiger partial charge in [0.1, 0.15) is 10.7 Å². The number of unbranched alkanes of at least 4 members (excludes halogenated alkanes) is 2. The summed E-state index contributed by atoms with van der Waals surface area (Å²) in [6.07, 6.45) is 6.87. The van der Waals surface area contributed by atoms with Crippen LogP contribution in [0.1, 0.15) is 32.6 Å². The third-order valence-corrected chi connectivity index (χ3v) is 4.16. The highest BCUT2D eigenvalue weighted by Gasteiger charge is 2.30. The van der Waals surface area contributed by atoms with Gasteiger partial charge in [-0.25, -0.2) is 0 Å². The molecule has 14 heavy (non-hydrogen) atoms. The van der Waals surface area contributed by atoms with Crippen LogP contribution in [0.15, 0.2) is 0 Å². The lowest BCUT2D eigenvalue weighted by Crippen LogP contribution is -2.08. The van der Waals surface area contributed by atoms with E-state index in [0.717, 1.165) is 6.42 Å². The van der Waals surface area contributed by atoms with Crippen LogP contribution < -0.4 is 0 Å². The van der Waals surface area contributed by atoms with Gasteiger partial charge in [-0.15, -0.1) is 11.8 Å². The van der Waals surface area contributed by atoms with Gasteiger partial charge in [-0.1, -0.05) is 6.42 Å². The molecule has 0 saturated carbocycles. The van der Waals surface area contributed by atoms with Crippen molar-refractivity contribution in [2.75, 3.05) is 12.0 Å². The Kier molecular flexibility index (Phi) is 5.78. The molecule has 1 heterocycles. The van der Waals surface area contributed by atoms with Gasteiger partial charge in [0.05, 0.1) is 0 Å². The van der Waals surface area contributed by atoms with Crippen LogP contribution >= 0.6 is 23.5 Å². The standard InChI is InChI=1S/C10H18O2S2/c1-8-10(11)12-9(14-8)6-4-3-5-7-13-2/h8-9H,3-7H2,1-2H3. The van der Waals surface area contributed by atoms with Gasteiger partial charge in [-0.2, -0.15) is 11.8 Å². The molecular formula is C10H18O2S2. The van der Waals surface area contributed by atoms with Gasteiger partial charge in [-0.05, 0) is 38.2 Å². The summed E-state index contributed by atoms with van der Waals surface area (Å²) < 4.78 is 5.20. The maximum atomic E-state index is 11.1. The summed E-state index contributed by atoms with van der Waals surface area (Å²) in [5.74, 6) is 1.21. The first-order valence-electron chi connectivity index (χ1n) is 5.09. The van der Waals surface area contributed by atoms with Gasteiger partial charge in [0, 0.05) is 0 Å². The molecular weight excluding hydrogens is 216 g/mol. The number of thioether (sulfide) groups is 2. The summed E-state index contributed by atoms with van der Waals surface area (Å²) in [5.41, 5.74) is 0.131. The van der Waals surface area contributed by atoms with Crippen molar-refractivity contribution in [1.29, 1.82) is 0 Å². The molecule has 82 valence electrons. The first-order chi connectivity index (χ1) is 6.74. The number of ether oxygens (including phenoxy) is 1. The molecule has 0 aromatic rings. The average Bonchev–Trinajstić information content (AvgIpc) is 2.46. The van der Waals surface area contributed by atoms with Crippen LogP contribution in [0.2, 0.25) is 0 Å². The van der Waals surface area contributed by atoms with E-state index in [9.17, 15) is 4.79 Å². The fraction of sp³-hybridized carbons (Fsp3) is 0.900. The molecule has 0 aromatic heterocycles. The molecule has 2 atom stereocenters. The molecule has 2 unspecified atom stereocenters. The second kappa shape index (κ2) is 6.62. The van der Waals surface area contributed by atoms with E-state index in [2.05, 4.69) is 6.26 Å². The van der Waals surface area contributed by atoms with Crippen LogP contribution in [0.3, 0.4) is 0 Å². The van der Waals surface area contributed by atoms with Gasteiger partial charge < -0.3 is 4.74 Å². The fourth-order valence-corrected chi connectivity index (χ4v) is 2.97. The predicted molar refractivity (Wildman–Crippen MR) is 63.8 cm³/mol.